The molecule has 0 aliphatic heterocycles. The second-order valence-corrected chi connectivity index (χ2v) is 16.8. The molecule has 0 fully saturated rings. The van der Waals surface area contributed by atoms with E-state index in [0.717, 1.165) is 56.1 Å². The van der Waals surface area contributed by atoms with Crippen LogP contribution in [0.3, 0.4) is 0 Å². The van der Waals surface area contributed by atoms with Crippen LogP contribution in [0.5, 0.6) is 0 Å². The van der Waals surface area contributed by atoms with Crippen molar-refractivity contribution < 1.29 is 4.42 Å². The molecule has 1 heterocycles. The summed E-state index contributed by atoms with van der Waals surface area (Å²) in [6.45, 7) is 0. The Bertz CT molecular complexity index is 3520. The van der Waals surface area contributed by atoms with Gasteiger partial charge in [0.1, 0.15) is 11.2 Å². The zero-order valence-electron chi connectivity index (χ0n) is 34.9. The fourth-order valence-electron chi connectivity index (χ4n) is 10.8. The smallest absolute Gasteiger partial charge is 0.135 e. The Morgan fingerprint density at radius 1 is 0.281 bits per heavy atom. The van der Waals surface area contributed by atoms with Gasteiger partial charge in [-0.15, -0.1) is 0 Å². The molecule has 0 radical (unpaired) electrons. The van der Waals surface area contributed by atoms with E-state index in [1.165, 1.54) is 55.6 Å². The quantitative estimate of drug-likeness (QED) is 0.160. The van der Waals surface area contributed by atoms with Crippen LogP contribution in [-0.4, -0.2) is 0 Å². The van der Waals surface area contributed by atoms with E-state index in [9.17, 15) is 0 Å². The van der Waals surface area contributed by atoms with Crippen molar-refractivity contribution >= 4 is 56.1 Å². The first-order valence-electron chi connectivity index (χ1n) is 22.0. The van der Waals surface area contributed by atoms with E-state index in [-0.39, 0.29) is 0 Å². The molecule has 64 heavy (non-hydrogen) atoms. The summed E-state index contributed by atoms with van der Waals surface area (Å²) in [7, 11) is 0. The molecular formula is C61H40N2O. The fourth-order valence-corrected chi connectivity index (χ4v) is 10.8. The van der Waals surface area contributed by atoms with Crippen molar-refractivity contribution in [1.29, 1.82) is 0 Å². The van der Waals surface area contributed by atoms with Crippen LogP contribution >= 0.6 is 0 Å². The number of benzene rings is 10. The van der Waals surface area contributed by atoms with E-state index < -0.39 is 5.41 Å². The third-order valence-corrected chi connectivity index (χ3v) is 13.4. The Hall–Kier alpha value is -8.40. The largest absolute Gasteiger partial charge is 0.456 e. The number of nitrogens with zero attached hydrogens (tertiary/aromatic N) is 2. The van der Waals surface area contributed by atoms with Crippen molar-refractivity contribution in [1.82, 2.24) is 0 Å². The van der Waals surface area contributed by atoms with E-state index in [1.807, 2.05) is 12.1 Å². The number of anilines is 6. The van der Waals surface area contributed by atoms with E-state index in [4.69, 9.17) is 4.42 Å². The highest BCUT2D eigenvalue weighted by Gasteiger charge is 2.52. The van der Waals surface area contributed by atoms with Crippen LogP contribution in [0.15, 0.2) is 247 Å². The van der Waals surface area contributed by atoms with Gasteiger partial charge in [-0.25, -0.2) is 0 Å². The van der Waals surface area contributed by atoms with Gasteiger partial charge in [0.15, 0.2) is 0 Å². The van der Waals surface area contributed by atoms with Crippen LogP contribution in [0, 0.1) is 0 Å². The van der Waals surface area contributed by atoms with Gasteiger partial charge in [0.2, 0.25) is 0 Å². The molecule has 3 nitrogen and oxygen atoms in total. The molecule has 1 unspecified atom stereocenters. The molecule has 300 valence electrons. The van der Waals surface area contributed by atoms with Crippen LogP contribution in [-0.2, 0) is 5.41 Å². The Morgan fingerprint density at radius 3 is 1.44 bits per heavy atom. The maximum atomic E-state index is 6.32. The summed E-state index contributed by atoms with van der Waals surface area (Å²) in [4.78, 5) is 4.83. The first kappa shape index (κ1) is 36.3. The molecule has 0 amide bonds. The van der Waals surface area contributed by atoms with Crippen LogP contribution in [0.1, 0.15) is 22.3 Å². The molecule has 13 rings (SSSR count). The highest BCUT2D eigenvalue weighted by molar-refractivity contribution is 6.07. The van der Waals surface area contributed by atoms with Crippen LogP contribution in [0.2, 0.25) is 0 Å². The maximum Gasteiger partial charge on any atom is 0.135 e. The third kappa shape index (κ3) is 5.34. The van der Waals surface area contributed by atoms with E-state index in [2.05, 4.69) is 240 Å². The van der Waals surface area contributed by atoms with Crippen LogP contribution in [0.4, 0.5) is 34.1 Å². The van der Waals surface area contributed by atoms with Crippen molar-refractivity contribution in [3.63, 3.8) is 0 Å². The lowest BCUT2D eigenvalue weighted by atomic mass is 9.70. The molecule has 0 N–H and O–H groups in total. The lowest BCUT2D eigenvalue weighted by Crippen LogP contribution is -2.26. The van der Waals surface area contributed by atoms with Gasteiger partial charge in [0, 0.05) is 44.8 Å². The highest BCUT2D eigenvalue weighted by Crippen LogP contribution is 2.65. The minimum Gasteiger partial charge on any atom is -0.456 e. The topological polar surface area (TPSA) is 19.6 Å². The predicted octanol–water partition coefficient (Wildman–Crippen LogP) is 16.5. The molecule has 2 aliphatic rings. The van der Waals surface area contributed by atoms with Crippen LogP contribution in [0.25, 0.3) is 55.3 Å². The summed E-state index contributed by atoms with van der Waals surface area (Å²) < 4.78 is 6.32. The summed E-state index contributed by atoms with van der Waals surface area (Å²) in [6.07, 6.45) is 0. The van der Waals surface area contributed by atoms with Crippen molar-refractivity contribution in [2.24, 2.45) is 0 Å². The Morgan fingerprint density at radius 2 is 0.766 bits per heavy atom. The molecule has 1 spiro atoms. The van der Waals surface area contributed by atoms with Gasteiger partial charge in [-0.1, -0.05) is 158 Å². The number of para-hydroxylation sites is 4. The zero-order chi connectivity index (χ0) is 42.2. The Kier molecular flexibility index (Phi) is 8.13. The number of rotatable bonds is 7. The third-order valence-electron chi connectivity index (χ3n) is 13.4. The molecule has 1 atom stereocenters. The lowest BCUT2D eigenvalue weighted by Gasteiger charge is -2.34. The number of fused-ring (bicyclic) bond motifs is 13. The van der Waals surface area contributed by atoms with Gasteiger partial charge >= 0.3 is 0 Å². The van der Waals surface area contributed by atoms with Gasteiger partial charge < -0.3 is 14.2 Å². The molecular weight excluding hydrogens is 777 g/mol. The molecule has 10 aromatic carbocycles. The summed E-state index contributed by atoms with van der Waals surface area (Å²) in [5.74, 6) is 0. The lowest BCUT2D eigenvalue weighted by molar-refractivity contribution is 0.669. The Labute approximate surface area is 372 Å². The number of hydrogen-bond acceptors (Lipinski definition) is 3. The minimum atomic E-state index is -0.607. The van der Waals surface area contributed by atoms with Crippen LogP contribution < -0.4 is 9.80 Å². The second-order valence-electron chi connectivity index (χ2n) is 16.8. The molecule has 0 saturated carbocycles. The average Bonchev–Trinajstić information content (AvgIpc) is 3.99. The van der Waals surface area contributed by atoms with E-state index in [0.29, 0.717) is 0 Å². The van der Waals surface area contributed by atoms with Gasteiger partial charge in [-0.2, -0.15) is 0 Å². The molecule has 3 heteroatoms. The number of furan rings is 1. The maximum absolute atomic E-state index is 6.32. The van der Waals surface area contributed by atoms with E-state index >= 15 is 0 Å². The van der Waals surface area contributed by atoms with Gasteiger partial charge in [-0.05, 0) is 135 Å². The monoisotopic (exact) mass is 816 g/mol. The number of hydrogen-bond donors (Lipinski definition) is 0. The zero-order valence-corrected chi connectivity index (χ0v) is 34.9. The van der Waals surface area contributed by atoms with Gasteiger partial charge in [0.05, 0.1) is 11.1 Å². The minimum absolute atomic E-state index is 0.607. The fraction of sp³-hybridized carbons (Fsp3) is 0.0164. The standard InChI is InChI=1S/C61H40N2O/c1-5-19-41(20-6-1)51-39-52-48-28-14-17-31-55(48)61(57(52)40-58(51)63(43-23-9-3-10-24-43)44-25-11-4-12-26-44)54-30-16-13-27-47(54)49-35-33-46(38-56(49)61)62(42-21-7-2-8-22-42)45-34-36-60-53(37-45)50-29-15-18-32-59(50)64-60/h1-40H. The SMILES string of the molecule is c1ccc(-c2cc3c(cc2N(c2ccccc2)c2ccccc2)C2(c4ccccc4-c4ccc(N(c5ccccc5)c5ccc6oc7ccccc7c6c5)cc42)c2ccccc2-3)cc1. The van der Waals surface area contributed by atoms with Crippen molar-refractivity contribution in [3.05, 3.63) is 265 Å². The summed E-state index contributed by atoms with van der Waals surface area (Å²) in [6, 6.07) is 88.4. The Balaban J connectivity index is 1.11. The molecule has 0 bridgehead atoms. The molecule has 11 aromatic rings. The normalized spacial score (nSPS) is 14.3. The van der Waals surface area contributed by atoms with Crippen molar-refractivity contribution in [2.45, 2.75) is 5.41 Å². The van der Waals surface area contributed by atoms with Gasteiger partial charge in [0.25, 0.3) is 0 Å². The second kappa shape index (κ2) is 14.3. The first-order chi connectivity index (χ1) is 31.8. The summed E-state index contributed by atoms with van der Waals surface area (Å²) >= 11 is 0. The predicted molar refractivity (Wildman–Crippen MR) is 265 cm³/mol. The average molecular weight is 817 g/mol. The summed E-state index contributed by atoms with van der Waals surface area (Å²) in [5.41, 5.74) is 20.3. The summed E-state index contributed by atoms with van der Waals surface area (Å²) in [5, 5.41) is 2.21. The van der Waals surface area contributed by atoms with Crippen molar-refractivity contribution in [2.75, 3.05) is 9.80 Å². The highest BCUT2D eigenvalue weighted by atomic mass is 16.3. The first-order valence-corrected chi connectivity index (χ1v) is 22.0. The van der Waals surface area contributed by atoms with E-state index in [1.54, 1.807) is 0 Å². The molecule has 1 aromatic heterocycles. The van der Waals surface area contributed by atoms with Gasteiger partial charge in [-0.3, -0.25) is 0 Å². The van der Waals surface area contributed by atoms with Crippen molar-refractivity contribution in [3.8, 4) is 33.4 Å². The molecule has 2 aliphatic carbocycles. The molecule has 0 saturated heterocycles.